The summed E-state index contributed by atoms with van der Waals surface area (Å²) in [5.74, 6) is -0.794. The predicted octanol–water partition coefficient (Wildman–Crippen LogP) is 5.37. The molecule has 0 radical (unpaired) electrons. The van der Waals surface area contributed by atoms with Gasteiger partial charge in [-0.2, -0.15) is 0 Å². The van der Waals surface area contributed by atoms with Crippen LogP contribution < -0.4 is 5.32 Å². The van der Waals surface area contributed by atoms with Gasteiger partial charge in [0.15, 0.2) is 6.61 Å². The second kappa shape index (κ2) is 8.96. The number of hydrogen-bond acceptors (Lipinski definition) is 5. The highest BCUT2D eigenvalue weighted by molar-refractivity contribution is 7.18. The van der Waals surface area contributed by atoms with Crippen molar-refractivity contribution in [3.05, 3.63) is 58.6 Å². The smallest absolute Gasteiger partial charge is 0.310 e. The normalized spacial score (nSPS) is 18.9. The topological polar surface area (TPSA) is 68.3 Å². The molecular formula is C24H26N2O3S. The van der Waals surface area contributed by atoms with E-state index in [2.05, 4.69) is 11.4 Å². The second-order valence-electron chi connectivity index (χ2n) is 7.92. The maximum Gasteiger partial charge on any atom is 0.310 e. The van der Waals surface area contributed by atoms with Crippen LogP contribution in [0.5, 0.6) is 0 Å². The van der Waals surface area contributed by atoms with Crippen molar-refractivity contribution in [1.29, 1.82) is 0 Å². The summed E-state index contributed by atoms with van der Waals surface area (Å²) in [5, 5.41) is 3.84. The molecular weight excluding hydrogens is 396 g/mol. The van der Waals surface area contributed by atoms with E-state index in [1.54, 1.807) is 11.3 Å². The summed E-state index contributed by atoms with van der Waals surface area (Å²) in [7, 11) is 0. The first-order valence-electron chi connectivity index (χ1n) is 10.4. The number of rotatable bonds is 5. The van der Waals surface area contributed by atoms with Gasteiger partial charge in [0.25, 0.3) is 5.91 Å². The first-order valence-corrected chi connectivity index (χ1v) is 11.2. The van der Waals surface area contributed by atoms with Gasteiger partial charge in [0.05, 0.1) is 21.1 Å². The van der Waals surface area contributed by atoms with E-state index in [1.807, 2.05) is 50.2 Å². The Bertz CT molecular complexity index is 1040. The number of aryl methyl sites for hydroxylation is 1. The number of ether oxygens (including phenoxy) is 1. The van der Waals surface area contributed by atoms with E-state index in [-0.39, 0.29) is 30.3 Å². The predicted molar refractivity (Wildman–Crippen MR) is 120 cm³/mol. The highest BCUT2D eigenvalue weighted by Crippen LogP contribution is 2.41. The molecule has 1 fully saturated rings. The molecule has 4 rings (SSSR count). The number of nitrogens with zero attached hydrogens (tertiary/aromatic N) is 1. The zero-order valence-corrected chi connectivity index (χ0v) is 18.1. The lowest BCUT2D eigenvalue weighted by atomic mass is 9.79. The lowest BCUT2D eigenvalue weighted by molar-refractivity contribution is -0.153. The molecule has 0 aliphatic heterocycles. The van der Waals surface area contributed by atoms with Crippen molar-refractivity contribution >= 4 is 39.1 Å². The average Bonchev–Trinajstić information content (AvgIpc) is 3.19. The molecule has 0 unspecified atom stereocenters. The molecule has 1 aliphatic carbocycles. The number of esters is 1. The largest absolute Gasteiger partial charge is 0.455 e. The molecule has 30 heavy (non-hydrogen) atoms. The Morgan fingerprint density at radius 2 is 1.90 bits per heavy atom. The molecule has 1 aliphatic rings. The minimum absolute atomic E-state index is 0.0609. The van der Waals surface area contributed by atoms with Crippen molar-refractivity contribution in [3.8, 4) is 0 Å². The molecule has 0 saturated heterocycles. The Hall–Kier alpha value is -2.73. The van der Waals surface area contributed by atoms with Crippen LogP contribution in [0.1, 0.15) is 47.7 Å². The van der Waals surface area contributed by atoms with Gasteiger partial charge in [-0.25, -0.2) is 4.98 Å². The maximum absolute atomic E-state index is 12.8. The van der Waals surface area contributed by atoms with Crippen molar-refractivity contribution in [3.63, 3.8) is 0 Å². The van der Waals surface area contributed by atoms with E-state index in [9.17, 15) is 9.59 Å². The van der Waals surface area contributed by atoms with Crippen LogP contribution in [0.3, 0.4) is 0 Å². The van der Waals surface area contributed by atoms with Gasteiger partial charge in [-0.1, -0.05) is 37.1 Å². The fourth-order valence-electron chi connectivity index (χ4n) is 4.07. The number of hydrogen-bond donors (Lipinski definition) is 1. The van der Waals surface area contributed by atoms with Crippen molar-refractivity contribution in [2.24, 2.45) is 5.92 Å². The van der Waals surface area contributed by atoms with E-state index in [0.717, 1.165) is 57.7 Å². The van der Waals surface area contributed by atoms with Crippen LogP contribution in [0.25, 0.3) is 10.2 Å². The number of para-hydroxylation sites is 1. The quantitative estimate of drug-likeness (QED) is 0.561. The summed E-state index contributed by atoms with van der Waals surface area (Å²) in [6, 6.07) is 13.8. The van der Waals surface area contributed by atoms with Crippen LogP contribution in [0.2, 0.25) is 0 Å². The minimum Gasteiger partial charge on any atom is -0.455 e. The molecule has 3 aromatic rings. The number of thiazole rings is 1. The lowest BCUT2D eigenvalue weighted by Crippen LogP contribution is -2.30. The number of carbonyl (C=O) groups is 2. The van der Waals surface area contributed by atoms with Crippen LogP contribution in [0.15, 0.2) is 42.5 Å². The molecule has 156 valence electrons. The van der Waals surface area contributed by atoms with E-state index >= 15 is 0 Å². The highest BCUT2D eigenvalue weighted by atomic mass is 32.1. The molecule has 0 spiro atoms. The van der Waals surface area contributed by atoms with E-state index < -0.39 is 0 Å². The van der Waals surface area contributed by atoms with Gasteiger partial charge < -0.3 is 10.1 Å². The first kappa shape index (κ1) is 20.5. The van der Waals surface area contributed by atoms with Gasteiger partial charge in [-0.05, 0) is 56.0 Å². The minimum atomic E-state index is -0.315. The van der Waals surface area contributed by atoms with Crippen LogP contribution in [0, 0.1) is 19.8 Å². The summed E-state index contributed by atoms with van der Waals surface area (Å²) in [6.45, 7) is 3.69. The molecule has 1 saturated carbocycles. The number of carbonyl (C=O) groups excluding carboxylic acids is 2. The number of amides is 1. The highest BCUT2D eigenvalue weighted by Gasteiger charge is 2.35. The zero-order valence-electron chi connectivity index (χ0n) is 17.3. The van der Waals surface area contributed by atoms with Gasteiger partial charge in [-0.3, -0.25) is 9.59 Å². The molecule has 1 heterocycles. The van der Waals surface area contributed by atoms with E-state index in [4.69, 9.17) is 9.72 Å². The molecule has 2 atom stereocenters. The third-order valence-electron chi connectivity index (χ3n) is 5.92. The maximum atomic E-state index is 12.8. The zero-order chi connectivity index (χ0) is 21.1. The molecule has 6 heteroatoms. The van der Waals surface area contributed by atoms with Crippen molar-refractivity contribution in [2.75, 3.05) is 11.9 Å². The standard InChI is InChI=1S/C24H26N2O3S/c1-15-8-7-12-19(16(15)2)25-22(27)14-29-24(28)18-10-4-3-9-17(18)23-26-20-11-5-6-13-21(20)30-23/h5-8,11-13,17-18H,3-4,9-10,14H2,1-2H3,(H,25,27)/t17-,18+/m0/s1. The molecule has 1 N–H and O–H groups in total. The first-order chi connectivity index (χ1) is 14.5. The Morgan fingerprint density at radius 3 is 2.73 bits per heavy atom. The number of fused-ring (bicyclic) bond motifs is 1. The van der Waals surface area contributed by atoms with Crippen molar-refractivity contribution in [2.45, 2.75) is 45.4 Å². The summed E-state index contributed by atoms with van der Waals surface area (Å²) >= 11 is 1.66. The summed E-state index contributed by atoms with van der Waals surface area (Å²) < 4.78 is 6.57. The van der Waals surface area contributed by atoms with Crippen LogP contribution >= 0.6 is 11.3 Å². The summed E-state index contributed by atoms with van der Waals surface area (Å²) in [6.07, 6.45) is 3.78. The number of benzene rings is 2. The number of nitrogens with one attached hydrogen (secondary N) is 1. The van der Waals surface area contributed by atoms with Crippen LogP contribution in [-0.2, 0) is 14.3 Å². The molecule has 5 nitrogen and oxygen atoms in total. The van der Waals surface area contributed by atoms with Crippen molar-refractivity contribution in [1.82, 2.24) is 4.98 Å². The van der Waals surface area contributed by atoms with Gasteiger partial charge in [0.1, 0.15) is 0 Å². The van der Waals surface area contributed by atoms with Crippen LogP contribution in [0.4, 0.5) is 5.69 Å². The Kier molecular flexibility index (Phi) is 6.13. The van der Waals surface area contributed by atoms with E-state index in [1.165, 1.54) is 0 Å². The SMILES string of the molecule is Cc1cccc(NC(=O)COC(=O)[C@@H]2CCCC[C@@H]2c2nc3ccccc3s2)c1C. The number of aromatic nitrogens is 1. The van der Waals surface area contributed by atoms with Crippen molar-refractivity contribution < 1.29 is 14.3 Å². The van der Waals surface area contributed by atoms with Gasteiger partial charge in [0.2, 0.25) is 0 Å². The summed E-state index contributed by atoms with van der Waals surface area (Å²) in [4.78, 5) is 30.0. The summed E-state index contributed by atoms with van der Waals surface area (Å²) in [5.41, 5.74) is 3.84. The average molecular weight is 423 g/mol. The van der Waals surface area contributed by atoms with Gasteiger partial charge in [0, 0.05) is 11.6 Å². The fourth-order valence-corrected chi connectivity index (χ4v) is 5.24. The number of anilines is 1. The Morgan fingerprint density at radius 1 is 1.10 bits per heavy atom. The molecule has 1 aromatic heterocycles. The Balaban J connectivity index is 1.41. The Labute approximate surface area is 180 Å². The molecule has 1 amide bonds. The third kappa shape index (κ3) is 4.38. The molecule has 2 aromatic carbocycles. The monoisotopic (exact) mass is 422 g/mol. The third-order valence-corrected chi connectivity index (χ3v) is 7.09. The second-order valence-corrected chi connectivity index (χ2v) is 8.98. The lowest BCUT2D eigenvalue weighted by Gasteiger charge is -2.28. The van der Waals surface area contributed by atoms with Gasteiger partial charge in [-0.15, -0.1) is 11.3 Å². The molecule has 0 bridgehead atoms. The van der Waals surface area contributed by atoms with E-state index in [0.29, 0.717) is 0 Å². The van der Waals surface area contributed by atoms with Gasteiger partial charge >= 0.3 is 5.97 Å². The van der Waals surface area contributed by atoms with Crippen LogP contribution in [-0.4, -0.2) is 23.5 Å². The fraction of sp³-hybridized carbons (Fsp3) is 0.375.